The van der Waals surface area contributed by atoms with Gasteiger partial charge in [-0.3, -0.25) is 4.79 Å². The third kappa shape index (κ3) is 3.54. The molecule has 0 unspecified atom stereocenters. The van der Waals surface area contributed by atoms with Crippen LogP contribution in [0.5, 0.6) is 5.75 Å². The molecule has 0 aliphatic carbocycles. The molecule has 0 saturated heterocycles. The van der Waals surface area contributed by atoms with Gasteiger partial charge in [-0.1, -0.05) is 28.1 Å². The standard InChI is InChI=1S/C14H11BrFNO2/c15-11-4-5-13(12(16)7-11)19-8-9-2-1-3-10(6-9)14(17)18/h1-7H,8H2,(H2,17,18). The van der Waals surface area contributed by atoms with Gasteiger partial charge in [-0.05, 0) is 35.9 Å². The SMILES string of the molecule is NC(=O)c1cccc(COc2ccc(Br)cc2F)c1. The summed E-state index contributed by atoms with van der Waals surface area (Å²) < 4.78 is 19.5. The first kappa shape index (κ1) is 13.5. The summed E-state index contributed by atoms with van der Waals surface area (Å²) in [6, 6.07) is 11.3. The van der Waals surface area contributed by atoms with Crippen molar-refractivity contribution >= 4 is 21.8 Å². The van der Waals surface area contributed by atoms with Gasteiger partial charge >= 0.3 is 0 Å². The van der Waals surface area contributed by atoms with Crippen molar-refractivity contribution in [2.45, 2.75) is 6.61 Å². The third-order valence-corrected chi connectivity index (χ3v) is 2.99. The molecule has 0 radical (unpaired) electrons. The fourth-order valence-electron chi connectivity index (χ4n) is 1.57. The number of hydrogen-bond donors (Lipinski definition) is 1. The topological polar surface area (TPSA) is 52.3 Å². The van der Waals surface area contributed by atoms with Gasteiger partial charge in [0, 0.05) is 10.0 Å². The zero-order valence-corrected chi connectivity index (χ0v) is 11.5. The fourth-order valence-corrected chi connectivity index (χ4v) is 1.90. The van der Waals surface area contributed by atoms with Crippen LogP contribution in [0.25, 0.3) is 0 Å². The van der Waals surface area contributed by atoms with Gasteiger partial charge in [-0.15, -0.1) is 0 Å². The Morgan fingerprint density at radius 3 is 2.74 bits per heavy atom. The van der Waals surface area contributed by atoms with Crippen LogP contribution in [-0.4, -0.2) is 5.91 Å². The number of benzene rings is 2. The van der Waals surface area contributed by atoms with Crippen molar-refractivity contribution in [1.29, 1.82) is 0 Å². The first-order valence-electron chi connectivity index (χ1n) is 5.53. The minimum atomic E-state index is -0.503. The van der Waals surface area contributed by atoms with E-state index in [0.29, 0.717) is 10.0 Å². The van der Waals surface area contributed by atoms with Gasteiger partial charge in [0.2, 0.25) is 5.91 Å². The molecule has 0 aliphatic rings. The summed E-state index contributed by atoms with van der Waals surface area (Å²) in [5.74, 6) is -0.787. The molecule has 19 heavy (non-hydrogen) atoms. The summed E-state index contributed by atoms with van der Waals surface area (Å²) >= 11 is 3.17. The molecule has 2 rings (SSSR count). The van der Waals surface area contributed by atoms with Gasteiger partial charge in [0.15, 0.2) is 11.6 Å². The average molecular weight is 324 g/mol. The largest absolute Gasteiger partial charge is 0.486 e. The van der Waals surface area contributed by atoms with Crippen molar-refractivity contribution < 1.29 is 13.9 Å². The lowest BCUT2D eigenvalue weighted by Crippen LogP contribution is -2.11. The highest BCUT2D eigenvalue weighted by Gasteiger charge is 2.05. The first-order chi connectivity index (χ1) is 9.06. The van der Waals surface area contributed by atoms with Crippen molar-refractivity contribution in [2.75, 3.05) is 0 Å². The van der Waals surface area contributed by atoms with Gasteiger partial charge in [-0.2, -0.15) is 0 Å². The molecular weight excluding hydrogens is 313 g/mol. The number of rotatable bonds is 4. The Hall–Kier alpha value is -1.88. The van der Waals surface area contributed by atoms with Crippen molar-refractivity contribution in [2.24, 2.45) is 5.73 Å². The lowest BCUT2D eigenvalue weighted by Gasteiger charge is -2.08. The van der Waals surface area contributed by atoms with E-state index in [0.717, 1.165) is 5.56 Å². The highest BCUT2D eigenvalue weighted by Crippen LogP contribution is 2.22. The van der Waals surface area contributed by atoms with E-state index in [1.807, 2.05) is 0 Å². The van der Waals surface area contributed by atoms with Crippen LogP contribution in [-0.2, 0) is 6.61 Å². The minimum Gasteiger partial charge on any atom is -0.486 e. The molecule has 0 aliphatic heterocycles. The van der Waals surface area contributed by atoms with Crippen LogP contribution in [0.3, 0.4) is 0 Å². The molecule has 2 aromatic rings. The Morgan fingerprint density at radius 2 is 2.05 bits per heavy atom. The van der Waals surface area contributed by atoms with Gasteiger partial charge in [0.25, 0.3) is 0 Å². The molecule has 0 spiro atoms. The van der Waals surface area contributed by atoms with Crippen molar-refractivity contribution in [3.8, 4) is 5.75 Å². The van der Waals surface area contributed by atoms with Gasteiger partial charge < -0.3 is 10.5 Å². The predicted octanol–water partition coefficient (Wildman–Crippen LogP) is 3.27. The predicted molar refractivity (Wildman–Crippen MR) is 73.4 cm³/mol. The van der Waals surface area contributed by atoms with Crippen molar-refractivity contribution in [3.05, 3.63) is 63.9 Å². The second-order valence-electron chi connectivity index (χ2n) is 3.93. The molecular formula is C14H11BrFNO2. The van der Waals surface area contributed by atoms with Gasteiger partial charge in [0.1, 0.15) is 6.61 Å². The number of halogens is 2. The summed E-state index contributed by atoms with van der Waals surface area (Å²) in [5, 5.41) is 0. The van der Waals surface area contributed by atoms with Crippen LogP contribution < -0.4 is 10.5 Å². The zero-order chi connectivity index (χ0) is 13.8. The summed E-state index contributed by atoms with van der Waals surface area (Å²) in [7, 11) is 0. The molecule has 2 N–H and O–H groups in total. The second-order valence-corrected chi connectivity index (χ2v) is 4.84. The Labute approximate surface area is 118 Å². The van der Waals surface area contributed by atoms with Crippen molar-refractivity contribution in [1.82, 2.24) is 0 Å². The average Bonchev–Trinajstić information content (AvgIpc) is 2.38. The van der Waals surface area contributed by atoms with E-state index in [1.165, 1.54) is 12.1 Å². The van der Waals surface area contributed by atoms with Gasteiger partial charge in [-0.25, -0.2) is 4.39 Å². The van der Waals surface area contributed by atoms with Crippen molar-refractivity contribution in [3.63, 3.8) is 0 Å². The maximum Gasteiger partial charge on any atom is 0.248 e. The van der Waals surface area contributed by atoms with Crippen LogP contribution >= 0.6 is 15.9 Å². The summed E-state index contributed by atoms with van der Waals surface area (Å²) in [4.78, 5) is 11.0. The van der Waals surface area contributed by atoms with E-state index in [9.17, 15) is 9.18 Å². The molecule has 0 saturated carbocycles. The molecule has 5 heteroatoms. The molecule has 0 bridgehead atoms. The van der Waals surface area contributed by atoms with Crippen LogP contribution in [0, 0.1) is 5.82 Å². The Morgan fingerprint density at radius 1 is 1.26 bits per heavy atom. The minimum absolute atomic E-state index is 0.160. The second kappa shape index (κ2) is 5.84. The molecule has 1 amide bonds. The lowest BCUT2D eigenvalue weighted by atomic mass is 10.1. The van der Waals surface area contributed by atoms with E-state index in [1.54, 1.807) is 30.3 Å². The number of primary amides is 1. The lowest BCUT2D eigenvalue weighted by molar-refractivity contribution is 0.1000. The highest BCUT2D eigenvalue weighted by atomic mass is 79.9. The maximum atomic E-state index is 13.5. The first-order valence-corrected chi connectivity index (χ1v) is 6.32. The quantitative estimate of drug-likeness (QED) is 0.938. The number of ether oxygens (including phenoxy) is 1. The molecule has 0 aromatic heterocycles. The van der Waals surface area contributed by atoms with E-state index in [4.69, 9.17) is 10.5 Å². The number of nitrogens with two attached hydrogens (primary N) is 1. The van der Waals surface area contributed by atoms with E-state index < -0.39 is 11.7 Å². The Bertz CT molecular complexity index is 616. The fraction of sp³-hybridized carbons (Fsp3) is 0.0714. The highest BCUT2D eigenvalue weighted by molar-refractivity contribution is 9.10. The molecule has 2 aromatic carbocycles. The number of amides is 1. The molecule has 98 valence electrons. The van der Waals surface area contributed by atoms with Crippen LogP contribution in [0.15, 0.2) is 46.9 Å². The Kier molecular flexibility index (Phi) is 4.16. The van der Waals surface area contributed by atoms with E-state index >= 15 is 0 Å². The number of carbonyl (C=O) groups excluding carboxylic acids is 1. The third-order valence-electron chi connectivity index (χ3n) is 2.50. The van der Waals surface area contributed by atoms with E-state index in [-0.39, 0.29) is 12.4 Å². The van der Waals surface area contributed by atoms with Crippen LogP contribution in [0.1, 0.15) is 15.9 Å². The molecule has 0 atom stereocenters. The monoisotopic (exact) mass is 323 g/mol. The number of hydrogen-bond acceptors (Lipinski definition) is 2. The molecule has 0 heterocycles. The molecule has 0 fully saturated rings. The molecule has 3 nitrogen and oxygen atoms in total. The smallest absolute Gasteiger partial charge is 0.248 e. The summed E-state index contributed by atoms with van der Waals surface area (Å²) in [6.45, 7) is 0.166. The van der Waals surface area contributed by atoms with Gasteiger partial charge in [0.05, 0.1) is 0 Å². The number of carbonyl (C=O) groups is 1. The Balaban J connectivity index is 2.10. The van der Waals surface area contributed by atoms with Crippen LogP contribution in [0.4, 0.5) is 4.39 Å². The summed E-state index contributed by atoms with van der Waals surface area (Å²) in [5.41, 5.74) is 6.33. The normalized spacial score (nSPS) is 10.2. The maximum absolute atomic E-state index is 13.5. The van der Waals surface area contributed by atoms with Crippen LogP contribution in [0.2, 0.25) is 0 Å². The van der Waals surface area contributed by atoms with E-state index in [2.05, 4.69) is 15.9 Å². The zero-order valence-electron chi connectivity index (χ0n) is 9.90. The summed E-state index contributed by atoms with van der Waals surface area (Å²) in [6.07, 6.45) is 0.